The Bertz CT molecular complexity index is 1670. The number of rotatable bonds is 4. The summed E-state index contributed by atoms with van der Waals surface area (Å²) in [4.78, 5) is 32.7. The summed E-state index contributed by atoms with van der Waals surface area (Å²) in [7, 11) is 0. The number of fused-ring (bicyclic) bond motifs is 2. The second-order valence-electron chi connectivity index (χ2n) is 8.91. The molecule has 1 N–H and O–H groups in total. The van der Waals surface area contributed by atoms with E-state index >= 15 is 0 Å². The number of nitrogens with one attached hydrogen (secondary N) is 1. The van der Waals surface area contributed by atoms with Crippen molar-refractivity contribution in [3.63, 3.8) is 0 Å². The lowest BCUT2D eigenvalue weighted by Crippen LogP contribution is -2.39. The number of carbonyl (C=O) groups is 1. The van der Waals surface area contributed by atoms with Gasteiger partial charge < -0.3 is 13.8 Å². The summed E-state index contributed by atoms with van der Waals surface area (Å²) >= 11 is 6.33. The number of benzene rings is 1. The molecular weight excluding hydrogens is 482 g/mol. The summed E-state index contributed by atoms with van der Waals surface area (Å²) in [6.45, 7) is 4.35. The van der Waals surface area contributed by atoms with Crippen LogP contribution in [0.4, 0.5) is 0 Å². The lowest BCUT2D eigenvalue weighted by atomic mass is 10.1. The molecule has 5 heterocycles. The van der Waals surface area contributed by atoms with Crippen LogP contribution >= 0.6 is 11.6 Å². The number of nitrogens with zero attached hydrogens (tertiary/aromatic N) is 4. The smallest absolute Gasteiger partial charge is 0.289 e. The fourth-order valence-corrected chi connectivity index (χ4v) is 4.89. The van der Waals surface area contributed by atoms with E-state index < -0.39 is 0 Å². The molecule has 10 heteroatoms. The Hall–Kier alpha value is -4.11. The van der Waals surface area contributed by atoms with Crippen LogP contribution in [0.3, 0.4) is 0 Å². The lowest BCUT2D eigenvalue weighted by molar-refractivity contribution is 0.0697. The van der Waals surface area contributed by atoms with Gasteiger partial charge in [-0.25, -0.2) is 9.50 Å². The number of hydrogen-bond donors (Lipinski definition) is 1. The lowest BCUT2D eigenvalue weighted by Gasteiger charge is -2.26. The Morgan fingerprint density at radius 1 is 1.19 bits per heavy atom. The summed E-state index contributed by atoms with van der Waals surface area (Å²) in [6.07, 6.45) is 0.901. The maximum atomic E-state index is 13.2. The zero-order valence-corrected chi connectivity index (χ0v) is 20.4. The van der Waals surface area contributed by atoms with Gasteiger partial charge in [0.05, 0.1) is 23.6 Å². The van der Waals surface area contributed by atoms with E-state index in [0.29, 0.717) is 52.8 Å². The predicted molar refractivity (Wildman–Crippen MR) is 132 cm³/mol. The normalized spacial score (nSPS) is 13.4. The van der Waals surface area contributed by atoms with Crippen LogP contribution < -0.4 is 5.56 Å². The van der Waals surface area contributed by atoms with Gasteiger partial charge in [-0.1, -0.05) is 35.0 Å². The third-order valence-electron chi connectivity index (χ3n) is 6.62. The standard InChI is InChI=1S/C26H22ClN5O4/c1-14-19(15(2)36-30-14)11-16-7-8-23(35-16)26(34)31-10-9-18-22(13-31)28-24-12-21(29-32(24)25(18)33)17-5-3-4-6-20(17)27/h3-8,12,29H,9-11,13H2,1-2H3. The van der Waals surface area contributed by atoms with Gasteiger partial charge in [-0.05, 0) is 38.5 Å². The van der Waals surface area contributed by atoms with Gasteiger partial charge in [-0.15, -0.1) is 0 Å². The van der Waals surface area contributed by atoms with Crippen molar-refractivity contribution in [2.75, 3.05) is 6.54 Å². The highest BCUT2D eigenvalue weighted by molar-refractivity contribution is 6.33. The second kappa shape index (κ2) is 8.53. The zero-order chi connectivity index (χ0) is 25.0. The fourth-order valence-electron chi connectivity index (χ4n) is 4.66. The van der Waals surface area contributed by atoms with Crippen molar-refractivity contribution >= 4 is 23.2 Å². The molecule has 0 aliphatic carbocycles. The molecule has 0 saturated heterocycles. The molecule has 0 unspecified atom stereocenters. The van der Waals surface area contributed by atoms with Crippen LogP contribution in [0.5, 0.6) is 0 Å². The van der Waals surface area contributed by atoms with E-state index in [1.807, 2.05) is 32.0 Å². The molecule has 0 atom stereocenters. The van der Waals surface area contributed by atoms with Crippen molar-refractivity contribution < 1.29 is 13.7 Å². The minimum absolute atomic E-state index is 0.167. The van der Waals surface area contributed by atoms with Gasteiger partial charge in [0.25, 0.3) is 11.5 Å². The largest absolute Gasteiger partial charge is 0.456 e. The minimum atomic E-state index is -0.238. The molecule has 182 valence electrons. The quantitative estimate of drug-likeness (QED) is 0.391. The first-order valence-corrected chi connectivity index (χ1v) is 11.9. The van der Waals surface area contributed by atoms with Crippen molar-refractivity contribution in [1.29, 1.82) is 0 Å². The van der Waals surface area contributed by atoms with Gasteiger partial charge in [0, 0.05) is 40.7 Å². The highest BCUT2D eigenvalue weighted by atomic mass is 35.5. The Kier molecular flexibility index (Phi) is 5.30. The van der Waals surface area contributed by atoms with Gasteiger partial charge >= 0.3 is 0 Å². The third kappa shape index (κ3) is 3.72. The molecule has 0 radical (unpaired) electrons. The van der Waals surface area contributed by atoms with Gasteiger partial charge in [0.15, 0.2) is 11.4 Å². The average Bonchev–Trinajstić information content (AvgIpc) is 3.60. The Morgan fingerprint density at radius 2 is 2.03 bits per heavy atom. The Balaban J connectivity index is 1.26. The first kappa shape index (κ1) is 22.4. The predicted octanol–water partition coefficient (Wildman–Crippen LogP) is 4.33. The van der Waals surface area contributed by atoms with Crippen LogP contribution in [0, 0.1) is 13.8 Å². The van der Waals surface area contributed by atoms with E-state index in [0.717, 1.165) is 22.6 Å². The Morgan fingerprint density at radius 3 is 2.81 bits per heavy atom. The van der Waals surface area contributed by atoms with E-state index in [1.54, 1.807) is 29.2 Å². The van der Waals surface area contributed by atoms with Crippen LogP contribution in [0.25, 0.3) is 16.9 Å². The number of hydrogen-bond acceptors (Lipinski definition) is 6. The summed E-state index contributed by atoms with van der Waals surface area (Å²) < 4.78 is 12.5. The average molecular weight is 504 g/mol. The molecule has 36 heavy (non-hydrogen) atoms. The van der Waals surface area contributed by atoms with Crippen LogP contribution in [0.15, 0.2) is 56.2 Å². The topological polar surface area (TPSA) is 110 Å². The number of amides is 1. The molecule has 9 nitrogen and oxygen atoms in total. The molecule has 0 spiro atoms. The number of halogens is 1. The van der Waals surface area contributed by atoms with E-state index in [4.69, 9.17) is 25.5 Å². The molecule has 1 amide bonds. The number of H-pyrrole nitrogens is 1. The third-order valence-corrected chi connectivity index (χ3v) is 6.95. The molecule has 5 aromatic rings. The van der Waals surface area contributed by atoms with Crippen LogP contribution in [-0.4, -0.2) is 37.1 Å². The number of furan rings is 1. The Labute approximate surface area is 210 Å². The van der Waals surface area contributed by atoms with Crippen molar-refractivity contribution in [3.05, 3.63) is 97.6 Å². The van der Waals surface area contributed by atoms with E-state index in [1.165, 1.54) is 4.52 Å². The SMILES string of the molecule is Cc1noc(C)c1Cc1ccc(C(=O)N2CCc3c(nc4cc(-c5ccccc5Cl)[nH]n4c3=O)C2)o1. The highest BCUT2D eigenvalue weighted by Gasteiger charge is 2.28. The van der Waals surface area contributed by atoms with E-state index in [2.05, 4.69) is 10.3 Å². The molecule has 0 bridgehead atoms. The molecule has 6 rings (SSSR count). The summed E-state index contributed by atoms with van der Waals surface area (Å²) in [5, 5.41) is 7.65. The molecule has 0 saturated carbocycles. The van der Waals surface area contributed by atoms with Gasteiger partial charge in [-0.3, -0.25) is 14.7 Å². The van der Waals surface area contributed by atoms with Gasteiger partial charge in [0.1, 0.15) is 11.5 Å². The summed E-state index contributed by atoms with van der Waals surface area (Å²) in [5.74, 6) is 1.40. The number of aryl methyl sites for hydroxylation is 2. The number of aromatic nitrogens is 4. The molecule has 4 aromatic heterocycles. The summed E-state index contributed by atoms with van der Waals surface area (Å²) in [6, 6.07) is 12.7. The number of aromatic amines is 1. The van der Waals surface area contributed by atoms with Crippen molar-refractivity contribution in [2.24, 2.45) is 0 Å². The van der Waals surface area contributed by atoms with Gasteiger partial charge in [-0.2, -0.15) is 0 Å². The zero-order valence-electron chi connectivity index (χ0n) is 19.7. The van der Waals surface area contributed by atoms with E-state index in [9.17, 15) is 9.59 Å². The highest BCUT2D eigenvalue weighted by Crippen LogP contribution is 2.27. The first-order valence-electron chi connectivity index (χ1n) is 11.6. The minimum Gasteiger partial charge on any atom is -0.456 e. The monoisotopic (exact) mass is 503 g/mol. The van der Waals surface area contributed by atoms with Gasteiger partial charge in [0.2, 0.25) is 0 Å². The van der Waals surface area contributed by atoms with Crippen molar-refractivity contribution in [1.82, 2.24) is 24.7 Å². The molecule has 1 aromatic carbocycles. The maximum Gasteiger partial charge on any atom is 0.289 e. The van der Waals surface area contributed by atoms with Crippen molar-refractivity contribution in [2.45, 2.75) is 33.2 Å². The maximum absolute atomic E-state index is 13.2. The van der Waals surface area contributed by atoms with Crippen LogP contribution in [-0.2, 0) is 19.4 Å². The first-order chi connectivity index (χ1) is 17.4. The van der Waals surface area contributed by atoms with Crippen LogP contribution in [0.2, 0.25) is 5.02 Å². The number of carbonyl (C=O) groups excluding carboxylic acids is 1. The van der Waals surface area contributed by atoms with E-state index in [-0.39, 0.29) is 23.8 Å². The second-order valence-corrected chi connectivity index (χ2v) is 9.31. The molecule has 0 fully saturated rings. The molecule has 1 aliphatic rings. The fraction of sp³-hybridized carbons (Fsp3) is 0.231. The molecule has 1 aliphatic heterocycles. The van der Waals surface area contributed by atoms with Crippen LogP contribution in [0.1, 0.15) is 44.6 Å². The van der Waals surface area contributed by atoms with Crippen molar-refractivity contribution in [3.8, 4) is 11.3 Å². The summed E-state index contributed by atoms with van der Waals surface area (Å²) in [5.41, 5.74) is 4.73. The molecular formula is C26H22ClN5O4.